The van der Waals surface area contributed by atoms with Crippen molar-refractivity contribution in [1.82, 2.24) is 5.32 Å². The van der Waals surface area contributed by atoms with Gasteiger partial charge in [-0.2, -0.15) is 0 Å². The fourth-order valence-corrected chi connectivity index (χ4v) is 4.12. The molecule has 7 nitrogen and oxygen atoms in total. The molecule has 2 rings (SSSR count). The second kappa shape index (κ2) is 7.45. The Labute approximate surface area is 135 Å². The van der Waals surface area contributed by atoms with Crippen molar-refractivity contribution < 1.29 is 22.7 Å². The molecule has 1 aromatic carbocycles. The number of benzene rings is 1. The van der Waals surface area contributed by atoms with Gasteiger partial charge in [-0.15, -0.1) is 0 Å². The Balaban J connectivity index is 1.81. The highest BCUT2D eigenvalue weighted by Gasteiger charge is 2.28. The number of methoxy groups -OCH3 is 1. The summed E-state index contributed by atoms with van der Waals surface area (Å²) in [5, 5.41) is 5.74. The SMILES string of the molecule is COC(=O)c1ccccc1NCCC(=O)NC1CCS(=O)(=O)C1. The van der Waals surface area contributed by atoms with Crippen LogP contribution < -0.4 is 10.6 Å². The lowest BCUT2D eigenvalue weighted by atomic mass is 10.1. The summed E-state index contributed by atoms with van der Waals surface area (Å²) in [6.07, 6.45) is 0.652. The van der Waals surface area contributed by atoms with E-state index in [2.05, 4.69) is 10.6 Å². The third-order valence-electron chi connectivity index (χ3n) is 3.60. The highest BCUT2D eigenvalue weighted by molar-refractivity contribution is 7.91. The molecule has 1 unspecified atom stereocenters. The minimum Gasteiger partial charge on any atom is -0.465 e. The van der Waals surface area contributed by atoms with E-state index in [-0.39, 0.29) is 29.9 Å². The van der Waals surface area contributed by atoms with Crippen LogP contribution in [0.5, 0.6) is 0 Å². The van der Waals surface area contributed by atoms with Crippen LogP contribution >= 0.6 is 0 Å². The molecule has 0 saturated carbocycles. The summed E-state index contributed by atoms with van der Waals surface area (Å²) in [4.78, 5) is 23.5. The monoisotopic (exact) mass is 340 g/mol. The summed E-state index contributed by atoms with van der Waals surface area (Å²) in [6.45, 7) is 0.333. The number of carbonyl (C=O) groups is 2. The Bertz CT molecular complexity index is 687. The lowest BCUT2D eigenvalue weighted by Crippen LogP contribution is -2.36. The van der Waals surface area contributed by atoms with E-state index in [4.69, 9.17) is 4.74 Å². The Morgan fingerprint density at radius 2 is 2.04 bits per heavy atom. The second-order valence-corrected chi connectivity index (χ2v) is 7.61. The predicted molar refractivity (Wildman–Crippen MR) is 86.1 cm³/mol. The molecule has 23 heavy (non-hydrogen) atoms. The average molecular weight is 340 g/mol. The van der Waals surface area contributed by atoms with Crippen molar-refractivity contribution >= 4 is 27.4 Å². The van der Waals surface area contributed by atoms with Crippen LogP contribution in [0, 0.1) is 0 Å². The van der Waals surface area contributed by atoms with Crippen LogP contribution in [0.3, 0.4) is 0 Å². The molecule has 1 heterocycles. The summed E-state index contributed by atoms with van der Waals surface area (Å²) in [6, 6.07) is 6.57. The number of anilines is 1. The van der Waals surface area contributed by atoms with Gasteiger partial charge in [0.25, 0.3) is 0 Å². The van der Waals surface area contributed by atoms with Gasteiger partial charge in [0, 0.05) is 24.7 Å². The smallest absolute Gasteiger partial charge is 0.339 e. The zero-order valence-electron chi connectivity index (χ0n) is 12.9. The summed E-state index contributed by atoms with van der Waals surface area (Å²) in [7, 11) is -1.70. The fourth-order valence-electron chi connectivity index (χ4n) is 2.44. The number of amides is 1. The topological polar surface area (TPSA) is 102 Å². The van der Waals surface area contributed by atoms with Crippen molar-refractivity contribution in [1.29, 1.82) is 0 Å². The summed E-state index contributed by atoms with van der Waals surface area (Å²) in [5.41, 5.74) is 0.993. The van der Waals surface area contributed by atoms with Crippen LogP contribution in [-0.4, -0.2) is 51.5 Å². The Morgan fingerprint density at radius 3 is 2.70 bits per heavy atom. The molecule has 1 saturated heterocycles. The van der Waals surface area contributed by atoms with Gasteiger partial charge in [-0.3, -0.25) is 4.79 Å². The first kappa shape index (κ1) is 17.3. The van der Waals surface area contributed by atoms with Gasteiger partial charge >= 0.3 is 5.97 Å². The minimum absolute atomic E-state index is 0.0113. The molecule has 1 aromatic rings. The summed E-state index contributed by atoms with van der Waals surface area (Å²) >= 11 is 0. The standard InChI is InChI=1S/C15H20N2O5S/c1-22-15(19)12-4-2-3-5-13(12)16-8-6-14(18)17-11-7-9-23(20,21)10-11/h2-5,11,16H,6-10H2,1H3,(H,17,18). The fraction of sp³-hybridized carbons (Fsp3) is 0.467. The van der Waals surface area contributed by atoms with Crippen molar-refractivity contribution in [2.45, 2.75) is 18.9 Å². The number of rotatable bonds is 6. The van der Waals surface area contributed by atoms with Crippen LogP contribution in [0.25, 0.3) is 0 Å². The van der Waals surface area contributed by atoms with E-state index in [0.717, 1.165) is 0 Å². The minimum atomic E-state index is -3.00. The van der Waals surface area contributed by atoms with Crippen LogP contribution in [0.1, 0.15) is 23.2 Å². The van der Waals surface area contributed by atoms with Crippen LogP contribution in [0.15, 0.2) is 24.3 Å². The van der Waals surface area contributed by atoms with Crippen LogP contribution in [0.2, 0.25) is 0 Å². The lowest BCUT2D eigenvalue weighted by Gasteiger charge is -2.13. The highest BCUT2D eigenvalue weighted by atomic mass is 32.2. The highest BCUT2D eigenvalue weighted by Crippen LogP contribution is 2.16. The molecule has 1 fully saturated rings. The normalized spacial score (nSPS) is 19.1. The molecule has 0 radical (unpaired) electrons. The van der Waals surface area contributed by atoms with Crippen molar-refractivity contribution in [2.24, 2.45) is 0 Å². The molecule has 126 valence electrons. The molecular weight excluding hydrogens is 320 g/mol. The van der Waals surface area contributed by atoms with E-state index < -0.39 is 15.8 Å². The molecule has 0 aliphatic carbocycles. The maximum atomic E-state index is 11.8. The zero-order chi connectivity index (χ0) is 16.9. The number of sulfone groups is 1. The number of hydrogen-bond donors (Lipinski definition) is 2. The molecule has 8 heteroatoms. The van der Waals surface area contributed by atoms with E-state index in [1.54, 1.807) is 24.3 Å². The molecule has 0 aromatic heterocycles. The Kier molecular flexibility index (Phi) is 5.59. The number of esters is 1. The van der Waals surface area contributed by atoms with Gasteiger partial charge in [0.1, 0.15) is 0 Å². The van der Waals surface area contributed by atoms with Gasteiger partial charge in [0.15, 0.2) is 9.84 Å². The average Bonchev–Trinajstić information content (AvgIpc) is 2.85. The van der Waals surface area contributed by atoms with Gasteiger partial charge in [-0.25, -0.2) is 13.2 Å². The molecular formula is C15H20N2O5S. The predicted octanol–water partition coefficient (Wildman–Crippen LogP) is 0.579. The number of nitrogens with one attached hydrogen (secondary N) is 2. The number of para-hydroxylation sites is 1. The molecule has 1 atom stereocenters. The van der Waals surface area contributed by atoms with Gasteiger partial charge < -0.3 is 15.4 Å². The van der Waals surface area contributed by atoms with E-state index in [0.29, 0.717) is 24.2 Å². The zero-order valence-corrected chi connectivity index (χ0v) is 13.7. The molecule has 1 amide bonds. The van der Waals surface area contributed by atoms with E-state index >= 15 is 0 Å². The molecule has 1 aliphatic heterocycles. The lowest BCUT2D eigenvalue weighted by molar-refractivity contribution is -0.121. The van der Waals surface area contributed by atoms with Gasteiger partial charge in [-0.1, -0.05) is 12.1 Å². The van der Waals surface area contributed by atoms with Gasteiger partial charge in [0.05, 0.1) is 24.2 Å². The largest absolute Gasteiger partial charge is 0.465 e. The molecule has 1 aliphatic rings. The third kappa shape index (κ3) is 4.95. The van der Waals surface area contributed by atoms with Crippen LogP contribution in [-0.2, 0) is 19.4 Å². The van der Waals surface area contributed by atoms with Crippen molar-refractivity contribution in [3.05, 3.63) is 29.8 Å². The Hall–Kier alpha value is -2.09. The number of hydrogen-bond acceptors (Lipinski definition) is 6. The number of carbonyl (C=O) groups excluding carboxylic acids is 2. The number of ether oxygens (including phenoxy) is 1. The van der Waals surface area contributed by atoms with Gasteiger partial charge in [-0.05, 0) is 18.6 Å². The first-order chi connectivity index (χ1) is 10.9. The molecule has 0 spiro atoms. The first-order valence-electron chi connectivity index (χ1n) is 7.32. The molecule has 2 N–H and O–H groups in total. The van der Waals surface area contributed by atoms with E-state index in [9.17, 15) is 18.0 Å². The molecule has 0 bridgehead atoms. The first-order valence-corrected chi connectivity index (χ1v) is 9.14. The van der Waals surface area contributed by atoms with Crippen LogP contribution in [0.4, 0.5) is 5.69 Å². The third-order valence-corrected chi connectivity index (χ3v) is 5.37. The van der Waals surface area contributed by atoms with Crippen molar-refractivity contribution in [3.8, 4) is 0 Å². The van der Waals surface area contributed by atoms with E-state index in [1.165, 1.54) is 7.11 Å². The summed E-state index contributed by atoms with van der Waals surface area (Å²) < 4.78 is 27.4. The Morgan fingerprint density at radius 1 is 1.30 bits per heavy atom. The maximum absolute atomic E-state index is 11.8. The van der Waals surface area contributed by atoms with E-state index in [1.807, 2.05) is 0 Å². The maximum Gasteiger partial charge on any atom is 0.339 e. The van der Waals surface area contributed by atoms with Crippen molar-refractivity contribution in [2.75, 3.05) is 30.5 Å². The van der Waals surface area contributed by atoms with Gasteiger partial charge in [0.2, 0.25) is 5.91 Å². The second-order valence-electron chi connectivity index (χ2n) is 5.38. The van der Waals surface area contributed by atoms with Crippen molar-refractivity contribution in [3.63, 3.8) is 0 Å². The quantitative estimate of drug-likeness (QED) is 0.735. The summed E-state index contributed by atoms with van der Waals surface area (Å²) in [5.74, 6) is -0.524.